The first-order valence-corrected chi connectivity index (χ1v) is 15.4. The Bertz CT molecular complexity index is 1610. The van der Waals surface area contributed by atoms with Gasteiger partial charge in [-0.1, -0.05) is 0 Å². The minimum Gasteiger partial charge on any atom is -0.494 e. The van der Waals surface area contributed by atoms with Gasteiger partial charge in [0.2, 0.25) is 0 Å². The van der Waals surface area contributed by atoms with E-state index < -0.39 is 78.5 Å². The molecule has 3 rings (SSSR count). The molecule has 21 heteroatoms. The second kappa shape index (κ2) is 13.8. The molecule has 4 nitrogen and oxygen atoms in total. The van der Waals surface area contributed by atoms with Crippen molar-refractivity contribution in [3.05, 3.63) is 78.6 Å². The Balaban J connectivity index is 2.31. The van der Waals surface area contributed by atoms with Gasteiger partial charge in [0.25, 0.3) is 0 Å². The maximum Gasteiger partial charge on any atom is 0.460 e. The zero-order chi connectivity index (χ0) is 39.1. The third-order valence-corrected chi connectivity index (χ3v) is 10.1. The molecule has 0 aliphatic heterocycles. The number of carbonyl (C=O) groups is 1. The first-order valence-electron chi connectivity index (χ1n) is 13.8. The number of hydrogen-bond acceptors (Lipinski definition) is 4. The summed E-state index contributed by atoms with van der Waals surface area (Å²) in [6, 6.07) is 11.1. The Hall–Kier alpha value is -4.04. The van der Waals surface area contributed by atoms with Crippen molar-refractivity contribution in [3.8, 4) is 11.5 Å². The van der Waals surface area contributed by atoms with Gasteiger partial charge in [-0.2, -0.15) is 65.9 Å². The van der Waals surface area contributed by atoms with Crippen molar-refractivity contribution in [1.82, 2.24) is 0 Å². The fourth-order valence-electron chi connectivity index (χ4n) is 4.23. The molecule has 0 amide bonds. The third kappa shape index (κ3) is 6.72. The Morgan fingerprint density at radius 3 is 1.16 bits per heavy atom. The fraction of sp³-hybridized carbons (Fsp3) is 0.367. The topological polar surface area (TPSA) is 44.8 Å². The molecule has 0 unspecified atom stereocenters. The molecule has 0 heterocycles. The van der Waals surface area contributed by atoms with Gasteiger partial charge in [-0.25, -0.2) is 9.18 Å². The summed E-state index contributed by atoms with van der Waals surface area (Å²) < 4.78 is 238. The minimum atomic E-state index is -8.61. The van der Waals surface area contributed by atoms with Crippen LogP contribution in [0.3, 0.4) is 0 Å². The molecule has 0 aliphatic rings. The van der Waals surface area contributed by atoms with E-state index in [0.29, 0.717) is 12.1 Å². The van der Waals surface area contributed by atoms with Crippen LogP contribution in [0.5, 0.6) is 11.5 Å². The van der Waals surface area contributed by atoms with E-state index in [-0.39, 0.29) is 24.7 Å². The van der Waals surface area contributed by atoms with E-state index in [1.807, 2.05) is 0 Å². The van der Waals surface area contributed by atoms with Crippen LogP contribution in [-0.4, -0.2) is 60.9 Å². The van der Waals surface area contributed by atoms with Crippen molar-refractivity contribution in [3.63, 3.8) is 0 Å². The number of benzene rings is 3. The summed E-state index contributed by atoms with van der Waals surface area (Å²) >= 11 is 0. The summed E-state index contributed by atoms with van der Waals surface area (Å²) in [5.74, 6) is -54.2. The van der Waals surface area contributed by atoms with Gasteiger partial charge in [-0.15, -0.1) is 0 Å². The lowest BCUT2D eigenvalue weighted by Gasteiger charge is -2.43. The molecule has 0 spiro atoms. The number of carbonyl (C=O) groups excluding carboxylic acids is 1. The lowest BCUT2D eigenvalue weighted by molar-refractivity contribution is -0.450. The normalized spacial score (nSPS) is 14.2. The summed E-state index contributed by atoms with van der Waals surface area (Å²) in [6.45, 7) is 3.17. The summed E-state index contributed by atoms with van der Waals surface area (Å²) in [4.78, 5) is 11.5. The number of ether oxygens (including phenoxy) is 2. The predicted molar refractivity (Wildman–Crippen MR) is 146 cm³/mol. The smallest absolute Gasteiger partial charge is 0.460 e. The number of alkyl halides is 15. The van der Waals surface area contributed by atoms with Crippen LogP contribution in [0.1, 0.15) is 13.8 Å². The van der Waals surface area contributed by atoms with Crippen LogP contribution >= 0.6 is 10.3 Å². The number of rotatable bonds is 14. The van der Waals surface area contributed by atoms with Crippen LogP contribution < -0.4 is 9.47 Å². The van der Waals surface area contributed by atoms with Crippen molar-refractivity contribution in [2.45, 2.75) is 70.2 Å². The average Bonchev–Trinajstić information content (AvgIpc) is 3.04. The van der Waals surface area contributed by atoms with Crippen LogP contribution in [0.4, 0.5) is 70.2 Å². The highest BCUT2D eigenvalue weighted by molar-refractivity contribution is 8.30. The first-order chi connectivity index (χ1) is 23.2. The van der Waals surface area contributed by atoms with Gasteiger partial charge >= 0.3 is 47.7 Å². The second-order valence-corrected chi connectivity index (χ2v) is 12.8. The molecule has 3 aromatic carbocycles. The molecule has 51 heavy (non-hydrogen) atoms. The van der Waals surface area contributed by atoms with Gasteiger partial charge in [0, 0.05) is 14.7 Å². The standard InChI is InChI=1S/C30H22F16O4S/c1-3-48-18-7-13-21(14-8-18)51(20-11-5-17(31)6-12-20,22-15-9-19(10-16-22)49-4-2)50-23(47)24(32,33)25(34,35)26(36,37)27(38,39)28(40,41)29(42,43)30(44,45)46/h5-16H,3-4H2,1-2H3. The van der Waals surface area contributed by atoms with E-state index in [1.165, 1.54) is 13.8 Å². The zero-order valence-electron chi connectivity index (χ0n) is 25.4. The maximum absolute atomic E-state index is 15.2. The summed E-state index contributed by atoms with van der Waals surface area (Å²) in [7, 11) is -4.40. The van der Waals surface area contributed by atoms with Gasteiger partial charge < -0.3 is 13.7 Å². The molecular weight excluding hydrogens is 760 g/mol. The van der Waals surface area contributed by atoms with Crippen molar-refractivity contribution >= 4 is 16.3 Å². The van der Waals surface area contributed by atoms with Crippen LogP contribution in [0, 0.1) is 5.82 Å². The van der Waals surface area contributed by atoms with Gasteiger partial charge in [-0.3, -0.25) is 0 Å². The van der Waals surface area contributed by atoms with E-state index >= 15 is 8.78 Å². The van der Waals surface area contributed by atoms with Gasteiger partial charge in [0.05, 0.1) is 13.2 Å². The van der Waals surface area contributed by atoms with Crippen LogP contribution in [0.2, 0.25) is 0 Å². The first kappa shape index (κ1) is 41.4. The van der Waals surface area contributed by atoms with Crippen LogP contribution in [0.15, 0.2) is 87.5 Å². The highest BCUT2D eigenvalue weighted by Crippen LogP contribution is 2.71. The SMILES string of the molecule is CCOc1ccc(S(OC(=O)C(F)(F)C(F)(F)C(F)(F)C(F)(F)C(F)(F)C(F)(F)C(F)(F)F)(c2ccc(F)cc2)c2ccc(OCC)cc2)cc1. The van der Waals surface area contributed by atoms with Gasteiger partial charge in [-0.05, 0) is 97.0 Å². The molecule has 0 aliphatic carbocycles. The Morgan fingerprint density at radius 1 is 0.510 bits per heavy atom. The summed E-state index contributed by atoms with van der Waals surface area (Å²) in [5, 5.41) is 0. The quantitative estimate of drug-likeness (QED) is 0.153. The molecule has 0 radical (unpaired) electrons. The largest absolute Gasteiger partial charge is 0.494 e. The highest BCUT2D eigenvalue weighted by Gasteiger charge is 2.94. The lowest BCUT2D eigenvalue weighted by Crippen LogP contribution is -2.73. The summed E-state index contributed by atoms with van der Waals surface area (Å²) in [5.41, 5.74) is 0. The minimum absolute atomic E-state index is 0.0529. The highest BCUT2D eigenvalue weighted by atomic mass is 32.3. The number of hydrogen-bond donors (Lipinski definition) is 0. The van der Waals surface area contributed by atoms with E-state index in [1.54, 1.807) is 0 Å². The van der Waals surface area contributed by atoms with E-state index in [2.05, 4.69) is 0 Å². The molecule has 0 aromatic heterocycles. The van der Waals surface area contributed by atoms with Crippen LogP contribution in [-0.2, 0) is 8.98 Å². The van der Waals surface area contributed by atoms with Crippen molar-refractivity contribution in [2.24, 2.45) is 0 Å². The average molecular weight is 783 g/mol. The predicted octanol–water partition coefficient (Wildman–Crippen LogP) is 10.7. The molecule has 0 saturated carbocycles. The van der Waals surface area contributed by atoms with E-state index in [4.69, 9.17) is 13.7 Å². The molecular formula is C30H22F16O4S. The molecule has 0 atom stereocenters. The molecule has 0 N–H and O–H groups in total. The van der Waals surface area contributed by atoms with Crippen molar-refractivity contribution in [1.29, 1.82) is 0 Å². The molecule has 0 saturated heterocycles. The lowest BCUT2D eigenvalue weighted by atomic mass is 9.91. The van der Waals surface area contributed by atoms with Crippen molar-refractivity contribution < 1.29 is 88.7 Å². The van der Waals surface area contributed by atoms with Crippen molar-refractivity contribution in [2.75, 3.05) is 13.2 Å². The fourth-order valence-corrected chi connectivity index (χ4v) is 7.22. The van der Waals surface area contributed by atoms with Gasteiger partial charge in [0.15, 0.2) is 0 Å². The third-order valence-electron chi connectivity index (χ3n) is 6.86. The second-order valence-electron chi connectivity index (χ2n) is 10.1. The van der Waals surface area contributed by atoms with Gasteiger partial charge in [0.1, 0.15) is 17.3 Å². The Kier molecular flexibility index (Phi) is 11.2. The zero-order valence-corrected chi connectivity index (χ0v) is 26.2. The molecule has 284 valence electrons. The monoisotopic (exact) mass is 782 g/mol. The Morgan fingerprint density at radius 2 is 0.824 bits per heavy atom. The molecule has 3 aromatic rings. The summed E-state index contributed by atoms with van der Waals surface area (Å²) in [6.07, 6.45) is -7.79. The Labute approximate surface area is 278 Å². The van der Waals surface area contributed by atoms with E-state index in [9.17, 15) is 66.3 Å². The maximum atomic E-state index is 15.2. The molecule has 0 fully saturated rings. The van der Waals surface area contributed by atoms with Crippen LogP contribution in [0.25, 0.3) is 0 Å². The molecule has 0 bridgehead atoms. The number of halogens is 16. The van der Waals surface area contributed by atoms with E-state index in [0.717, 1.165) is 60.7 Å².